The summed E-state index contributed by atoms with van der Waals surface area (Å²) in [4.78, 5) is 0. The van der Waals surface area contributed by atoms with Crippen LogP contribution in [0, 0.1) is 0 Å². The third-order valence-corrected chi connectivity index (χ3v) is 4.64. The van der Waals surface area contributed by atoms with Gasteiger partial charge in [0.2, 0.25) is 0 Å². The molecule has 2 aromatic rings. The molecule has 0 aliphatic carbocycles. The molecule has 0 saturated heterocycles. The van der Waals surface area contributed by atoms with E-state index in [1.165, 1.54) is 0 Å². The highest BCUT2D eigenvalue weighted by Crippen LogP contribution is 2.24. The molecule has 0 saturated carbocycles. The Hall–Kier alpha value is -2.20. The van der Waals surface area contributed by atoms with Crippen LogP contribution < -0.4 is 9.47 Å². The first kappa shape index (κ1) is 28.0. The number of rotatable bonds is 21. The molecule has 0 N–H and O–H groups in total. The third-order valence-electron chi connectivity index (χ3n) is 4.64. The molecule has 2 aromatic carbocycles. The van der Waals surface area contributed by atoms with Crippen molar-refractivity contribution in [1.29, 1.82) is 0 Å². The number of hydrogen-bond acceptors (Lipinski definition) is 8. The molecule has 0 heterocycles. The van der Waals surface area contributed by atoms with Gasteiger partial charge >= 0.3 is 0 Å². The van der Waals surface area contributed by atoms with Crippen molar-refractivity contribution in [3.05, 3.63) is 48.5 Å². The number of hydrogen-bond donors (Lipinski definition) is 0. The van der Waals surface area contributed by atoms with Crippen molar-refractivity contribution < 1.29 is 37.9 Å². The van der Waals surface area contributed by atoms with E-state index < -0.39 is 0 Å². The van der Waals surface area contributed by atoms with Gasteiger partial charge in [-0.2, -0.15) is 0 Å². The van der Waals surface area contributed by atoms with Crippen LogP contribution in [0.3, 0.4) is 0 Å². The van der Waals surface area contributed by atoms with Crippen LogP contribution in [0.25, 0.3) is 11.1 Å². The van der Waals surface area contributed by atoms with E-state index in [2.05, 4.69) is 0 Å². The van der Waals surface area contributed by atoms with Gasteiger partial charge in [0, 0.05) is 14.2 Å². The number of ether oxygens (including phenoxy) is 8. The third kappa shape index (κ3) is 12.9. The van der Waals surface area contributed by atoms with Crippen molar-refractivity contribution in [2.24, 2.45) is 0 Å². The first-order chi connectivity index (χ1) is 16.8. The van der Waals surface area contributed by atoms with Crippen LogP contribution in [-0.4, -0.2) is 93.5 Å². The Kier molecular flexibility index (Phi) is 15.8. The topological polar surface area (TPSA) is 73.8 Å². The highest BCUT2D eigenvalue weighted by molar-refractivity contribution is 5.64. The minimum absolute atomic E-state index is 0.494. The molecular formula is C26H38O8. The molecular weight excluding hydrogens is 440 g/mol. The zero-order valence-corrected chi connectivity index (χ0v) is 20.4. The predicted octanol–water partition coefficient (Wildman–Crippen LogP) is 3.47. The fraction of sp³-hybridized carbons (Fsp3) is 0.538. The molecule has 0 atom stereocenters. The summed E-state index contributed by atoms with van der Waals surface area (Å²) in [5, 5.41) is 0. The second kappa shape index (κ2) is 19.1. The monoisotopic (exact) mass is 478 g/mol. The van der Waals surface area contributed by atoms with Gasteiger partial charge in [0.05, 0.1) is 66.1 Å². The lowest BCUT2D eigenvalue weighted by Crippen LogP contribution is -2.12. The van der Waals surface area contributed by atoms with Crippen molar-refractivity contribution in [2.45, 2.75) is 0 Å². The summed E-state index contributed by atoms with van der Waals surface area (Å²) in [6.45, 7) is 6.59. The Balaban J connectivity index is 1.57. The average molecular weight is 479 g/mol. The van der Waals surface area contributed by atoms with E-state index in [4.69, 9.17) is 37.9 Å². The zero-order valence-electron chi connectivity index (χ0n) is 20.4. The maximum atomic E-state index is 5.73. The Morgan fingerprint density at radius 1 is 0.382 bits per heavy atom. The van der Waals surface area contributed by atoms with E-state index in [0.717, 1.165) is 22.6 Å². The van der Waals surface area contributed by atoms with Crippen LogP contribution in [0.4, 0.5) is 0 Å². The standard InChI is InChI=1S/C26H38O8/c1-27-11-13-29-15-17-31-19-21-33-25-7-3-23(4-8-25)24-5-9-26(10-6-24)34-22-20-32-18-16-30-14-12-28-2/h3-10H,11-22H2,1-2H3. The van der Waals surface area contributed by atoms with Gasteiger partial charge in [-0.05, 0) is 35.4 Å². The summed E-state index contributed by atoms with van der Waals surface area (Å²) >= 11 is 0. The first-order valence-corrected chi connectivity index (χ1v) is 11.6. The smallest absolute Gasteiger partial charge is 0.119 e. The van der Waals surface area contributed by atoms with Crippen LogP contribution in [0.5, 0.6) is 11.5 Å². The summed E-state index contributed by atoms with van der Waals surface area (Å²) in [6, 6.07) is 16.0. The van der Waals surface area contributed by atoms with E-state index in [1.54, 1.807) is 14.2 Å². The van der Waals surface area contributed by atoms with Crippen LogP contribution in [-0.2, 0) is 28.4 Å². The van der Waals surface area contributed by atoms with E-state index in [0.29, 0.717) is 79.3 Å². The van der Waals surface area contributed by atoms with Gasteiger partial charge in [0.15, 0.2) is 0 Å². The minimum Gasteiger partial charge on any atom is -0.491 e. The van der Waals surface area contributed by atoms with Crippen molar-refractivity contribution in [3.63, 3.8) is 0 Å². The summed E-state index contributed by atoms with van der Waals surface area (Å²) in [7, 11) is 3.30. The van der Waals surface area contributed by atoms with Gasteiger partial charge in [0.1, 0.15) is 24.7 Å². The van der Waals surface area contributed by atoms with Crippen molar-refractivity contribution in [2.75, 3.05) is 93.5 Å². The van der Waals surface area contributed by atoms with Crippen molar-refractivity contribution >= 4 is 0 Å². The molecule has 8 nitrogen and oxygen atoms in total. The highest BCUT2D eigenvalue weighted by atomic mass is 16.6. The maximum Gasteiger partial charge on any atom is 0.119 e. The molecule has 0 unspecified atom stereocenters. The average Bonchev–Trinajstić information content (AvgIpc) is 2.87. The second-order valence-electron chi connectivity index (χ2n) is 7.18. The molecule has 0 aromatic heterocycles. The van der Waals surface area contributed by atoms with Crippen LogP contribution in [0.2, 0.25) is 0 Å². The predicted molar refractivity (Wildman–Crippen MR) is 130 cm³/mol. The zero-order chi connectivity index (χ0) is 24.1. The molecule has 0 radical (unpaired) electrons. The molecule has 0 aliphatic heterocycles. The largest absolute Gasteiger partial charge is 0.491 e. The lowest BCUT2D eigenvalue weighted by molar-refractivity contribution is 0.0180. The van der Waals surface area contributed by atoms with E-state index in [1.807, 2.05) is 48.5 Å². The highest BCUT2D eigenvalue weighted by Gasteiger charge is 2.01. The Morgan fingerprint density at radius 3 is 1.00 bits per heavy atom. The normalized spacial score (nSPS) is 11.0. The molecule has 190 valence electrons. The molecule has 0 aliphatic rings. The summed E-state index contributed by atoms with van der Waals surface area (Å²) in [5.41, 5.74) is 2.22. The lowest BCUT2D eigenvalue weighted by atomic mass is 10.1. The minimum atomic E-state index is 0.494. The molecule has 0 bridgehead atoms. The molecule has 8 heteroatoms. The van der Waals surface area contributed by atoms with Crippen molar-refractivity contribution in [3.8, 4) is 22.6 Å². The summed E-state index contributed by atoms with van der Waals surface area (Å²) < 4.78 is 42.9. The number of methoxy groups -OCH3 is 2. The van der Waals surface area contributed by atoms with Crippen LogP contribution in [0.15, 0.2) is 48.5 Å². The maximum absolute atomic E-state index is 5.73. The summed E-state index contributed by atoms with van der Waals surface area (Å²) in [5.74, 6) is 1.63. The van der Waals surface area contributed by atoms with E-state index in [-0.39, 0.29) is 0 Å². The molecule has 0 amide bonds. The van der Waals surface area contributed by atoms with Gasteiger partial charge in [-0.1, -0.05) is 24.3 Å². The Bertz CT molecular complexity index is 657. The van der Waals surface area contributed by atoms with E-state index in [9.17, 15) is 0 Å². The Morgan fingerprint density at radius 2 is 0.676 bits per heavy atom. The molecule has 2 rings (SSSR count). The van der Waals surface area contributed by atoms with Crippen molar-refractivity contribution in [1.82, 2.24) is 0 Å². The van der Waals surface area contributed by atoms with Gasteiger partial charge in [-0.25, -0.2) is 0 Å². The van der Waals surface area contributed by atoms with E-state index >= 15 is 0 Å². The quantitative estimate of drug-likeness (QED) is 0.253. The molecule has 0 spiro atoms. The van der Waals surface area contributed by atoms with Gasteiger partial charge in [0.25, 0.3) is 0 Å². The van der Waals surface area contributed by atoms with Crippen LogP contribution >= 0.6 is 0 Å². The van der Waals surface area contributed by atoms with Crippen LogP contribution in [0.1, 0.15) is 0 Å². The van der Waals surface area contributed by atoms with Gasteiger partial charge in [-0.3, -0.25) is 0 Å². The lowest BCUT2D eigenvalue weighted by Gasteiger charge is -2.10. The fourth-order valence-corrected chi connectivity index (χ4v) is 2.85. The molecule has 34 heavy (non-hydrogen) atoms. The Labute approximate surface area is 203 Å². The number of benzene rings is 2. The van der Waals surface area contributed by atoms with Gasteiger partial charge < -0.3 is 37.9 Å². The van der Waals surface area contributed by atoms with Gasteiger partial charge in [-0.15, -0.1) is 0 Å². The molecule has 0 fully saturated rings. The second-order valence-corrected chi connectivity index (χ2v) is 7.18. The summed E-state index contributed by atoms with van der Waals surface area (Å²) in [6.07, 6.45) is 0. The SMILES string of the molecule is COCCOCCOCCOc1ccc(-c2ccc(OCCOCCOCCOC)cc2)cc1. The first-order valence-electron chi connectivity index (χ1n) is 11.6. The fourth-order valence-electron chi connectivity index (χ4n) is 2.85.